The summed E-state index contributed by atoms with van der Waals surface area (Å²) in [6, 6.07) is 11.0. The lowest BCUT2D eigenvalue weighted by Gasteiger charge is -2.13. The first-order valence-corrected chi connectivity index (χ1v) is 9.19. The van der Waals surface area contributed by atoms with E-state index in [9.17, 15) is 4.79 Å². The molecule has 7 nitrogen and oxygen atoms in total. The Morgan fingerprint density at radius 3 is 2.74 bits per heavy atom. The van der Waals surface area contributed by atoms with Crippen molar-refractivity contribution in [3.63, 3.8) is 0 Å². The smallest absolute Gasteiger partial charge is 0.238 e. The van der Waals surface area contributed by atoms with Crippen LogP contribution in [-0.2, 0) is 11.2 Å². The highest BCUT2D eigenvalue weighted by Crippen LogP contribution is 2.25. The predicted octanol–water partition coefficient (Wildman–Crippen LogP) is 4.22. The van der Waals surface area contributed by atoms with Crippen LogP contribution in [-0.4, -0.2) is 22.2 Å². The number of furan rings is 1. The number of ether oxygens (including phenoxy) is 1. The van der Waals surface area contributed by atoms with Crippen LogP contribution < -0.4 is 10.1 Å². The molecule has 1 fully saturated rings. The predicted molar refractivity (Wildman–Crippen MR) is 98.3 cm³/mol. The van der Waals surface area contributed by atoms with Crippen LogP contribution in [0.25, 0.3) is 11.6 Å². The van der Waals surface area contributed by atoms with Gasteiger partial charge in [-0.3, -0.25) is 4.79 Å². The Morgan fingerprint density at radius 2 is 2.00 bits per heavy atom. The molecule has 7 heteroatoms. The lowest BCUT2D eigenvalue weighted by Crippen LogP contribution is -2.13. The van der Waals surface area contributed by atoms with Crippen LogP contribution in [0.2, 0.25) is 0 Å². The molecule has 27 heavy (non-hydrogen) atoms. The number of carbonyl (C=O) groups is 1. The molecular formula is C20H21N3O4. The number of amides is 1. The van der Waals surface area contributed by atoms with Gasteiger partial charge >= 0.3 is 0 Å². The van der Waals surface area contributed by atoms with Gasteiger partial charge in [-0.1, -0.05) is 5.16 Å². The minimum atomic E-state index is -0.114. The molecule has 0 unspecified atom stereocenters. The maximum atomic E-state index is 12.1. The number of aromatic nitrogens is 2. The van der Waals surface area contributed by atoms with Gasteiger partial charge in [0.05, 0.1) is 12.4 Å². The lowest BCUT2D eigenvalue weighted by molar-refractivity contribution is -0.116. The molecule has 1 N–H and O–H groups in total. The Morgan fingerprint density at radius 1 is 1.19 bits per heavy atom. The van der Waals surface area contributed by atoms with Gasteiger partial charge in [0.1, 0.15) is 5.75 Å². The number of hydrogen-bond acceptors (Lipinski definition) is 6. The molecule has 2 heterocycles. The lowest BCUT2D eigenvalue weighted by atomic mass is 10.2. The molecule has 1 aromatic carbocycles. The molecule has 0 bridgehead atoms. The number of hydrogen-bond donors (Lipinski definition) is 1. The molecule has 2 aromatic heterocycles. The molecule has 4 rings (SSSR count). The van der Waals surface area contributed by atoms with E-state index in [1.807, 2.05) is 24.3 Å². The topological polar surface area (TPSA) is 90.4 Å². The third kappa shape index (κ3) is 4.55. The van der Waals surface area contributed by atoms with Gasteiger partial charge in [-0.25, -0.2) is 0 Å². The molecule has 3 aromatic rings. The van der Waals surface area contributed by atoms with Crippen molar-refractivity contribution in [2.45, 2.75) is 44.6 Å². The molecule has 1 aliphatic rings. The monoisotopic (exact) mass is 367 g/mol. The second-order valence-electron chi connectivity index (χ2n) is 6.59. The molecule has 0 spiro atoms. The van der Waals surface area contributed by atoms with Crippen molar-refractivity contribution in [3.05, 3.63) is 48.6 Å². The summed E-state index contributed by atoms with van der Waals surface area (Å²) in [5.41, 5.74) is 0.737. The normalized spacial score (nSPS) is 14.4. The fraction of sp³-hybridized carbons (Fsp3) is 0.350. The zero-order valence-electron chi connectivity index (χ0n) is 14.9. The zero-order chi connectivity index (χ0) is 18.5. The van der Waals surface area contributed by atoms with Crippen molar-refractivity contribution in [2.75, 3.05) is 5.32 Å². The number of nitrogens with zero attached hydrogens (tertiary/aromatic N) is 2. The van der Waals surface area contributed by atoms with E-state index >= 15 is 0 Å². The summed E-state index contributed by atoms with van der Waals surface area (Å²) in [5.74, 6) is 2.05. The van der Waals surface area contributed by atoms with Crippen LogP contribution in [0.3, 0.4) is 0 Å². The van der Waals surface area contributed by atoms with Gasteiger partial charge in [0, 0.05) is 18.5 Å². The quantitative estimate of drug-likeness (QED) is 0.672. The highest BCUT2D eigenvalue weighted by molar-refractivity contribution is 5.90. The van der Waals surface area contributed by atoms with Gasteiger partial charge in [-0.15, -0.1) is 0 Å². The summed E-state index contributed by atoms with van der Waals surface area (Å²) in [5, 5.41) is 6.71. The van der Waals surface area contributed by atoms with E-state index in [-0.39, 0.29) is 12.3 Å². The summed E-state index contributed by atoms with van der Waals surface area (Å²) < 4.78 is 16.3. The van der Waals surface area contributed by atoms with Crippen LogP contribution in [0.5, 0.6) is 5.75 Å². The van der Waals surface area contributed by atoms with E-state index in [4.69, 9.17) is 13.7 Å². The Hall–Kier alpha value is -3.09. The van der Waals surface area contributed by atoms with Gasteiger partial charge in [0.2, 0.25) is 17.6 Å². The number of nitrogens with one attached hydrogen (secondary N) is 1. The van der Waals surface area contributed by atoms with E-state index in [0.717, 1.165) is 24.3 Å². The summed E-state index contributed by atoms with van der Waals surface area (Å²) in [6.07, 6.45) is 7.20. The van der Waals surface area contributed by atoms with Crippen molar-refractivity contribution in [2.24, 2.45) is 0 Å². The molecule has 0 atom stereocenters. The standard InChI is InChI=1S/C20H21N3O4/c24-18(11-12-19-22-20(23-27-19)17-6-3-13-25-17)21-14-7-9-16(10-8-14)26-15-4-1-2-5-15/h3,6-10,13,15H,1-2,4-5,11-12H2,(H,21,24). The van der Waals surface area contributed by atoms with Crippen LogP contribution in [0.1, 0.15) is 38.0 Å². The molecule has 1 saturated carbocycles. The molecule has 0 aliphatic heterocycles. The third-order valence-electron chi connectivity index (χ3n) is 4.52. The number of carbonyl (C=O) groups excluding carboxylic acids is 1. The highest BCUT2D eigenvalue weighted by Gasteiger charge is 2.16. The first-order valence-electron chi connectivity index (χ1n) is 9.19. The molecule has 1 amide bonds. The summed E-state index contributed by atoms with van der Waals surface area (Å²) in [4.78, 5) is 16.4. The van der Waals surface area contributed by atoms with Gasteiger partial charge in [-0.05, 0) is 62.1 Å². The van der Waals surface area contributed by atoms with Crippen LogP contribution >= 0.6 is 0 Å². The molecule has 140 valence electrons. The zero-order valence-corrected chi connectivity index (χ0v) is 14.9. The van der Waals surface area contributed by atoms with Gasteiger partial charge in [0.15, 0.2) is 5.76 Å². The minimum Gasteiger partial charge on any atom is -0.490 e. The molecule has 0 radical (unpaired) electrons. The van der Waals surface area contributed by atoms with Crippen LogP contribution in [0, 0.1) is 0 Å². The summed E-state index contributed by atoms with van der Waals surface area (Å²) >= 11 is 0. The number of benzene rings is 1. The summed E-state index contributed by atoms with van der Waals surface area (Å²) in [7, 11) is 0. The average molecular weight is 367 g/mol. The Kier molecular flexibility index (Phi) is 5.18. The summed E-state index contributed by atoms with van der Waals surface area (Å²) in [6.45, 7) is 0. The van der Waals surface area contributed by atoms with Crippen molar-refractivity contribution < 1.29 is 18.5 Å². The second kappa shape index (κ2) is 8.07. The van der Waals surface area contributed by atoms with E-state index in [2.05, 4.69) is 15.5 Å². The van der Waals surface area contributed by atoms with Gasteiger partial charge in [0.25, 0.3) is 0 Å². The second-order valence-corrected chi connectivity index (χ2v) is 6.59. The maximum absolute atomic E-state index is 12.1. The van der Waals surface area contributed by atoms with E-state index in [1.165, 1.54) is 12.8 Å². The van der Waals surface area contributed by atoms with Crippen LogP contribution in [0.15, 0.2) is 51.6 Å². The highest BCUT2D eigenvalue weighted by atomic mass is 16.5. The molecular weight excluding hydrogens is 346 g/mol. The SMILES string of the molecule is O=C(CCc1nc(-c2ccco2)no1)Nc1ccc(OC2CCCC2)cc1. The van der Waals surface area contributed by atoms with E-state index in [0.29, 0.717) is 30.0 Å². The van der Waals surface area contributed by atoms with E-state index < -0.39 is 0 Å². The Balaban J connectivity index is 1.25. The van der Waals surface area contributed by atoms with Crippen molar-refractivity contribution in [1.82, 2.24) is 10.1 Å². The molecule has 1 aliphatic carbocycles. The third-order valence-corrected chi connectivity index (χ3v) is 4.52. The number of anilines is 1. The first kappa shape index (κ1) is 17.3. The fourth-order valence-corrected chi connectivity index (χ4v) is 3.12. The number of aryl methyl sites for hydroxylation is 1. The van der Waals surface area contributed by atoms with Crippen molar-refractivity contribution >= 4 is 11.6 Å². The van der Waals surface area contributed by atoms with E-state index in [1.54, 1.807) is 18.4 Å². The van der Waals surface area contributed by atoms with Crippen molar-refractivity contribution in [1.29, 1.82) is 0 Å². The Bertz CT molecular complexity index is 865. The average Bonchev–Trinajstić information content (AvgIpc) is 3.44. The fourth-order valence-electron chi connectivity index (χ4n) is 3.12. The number of rotatable bonds is 7. The molecule has 0 saturated heterocycles. The first-order chi connectivity index (χ1) is 13.3. The Labute approximate surface area is 156 Å². The largest absolute Gasteiger partial charge is 0.490 e. The van der Waals surface area contributed by atoms with Crippen molar-refractivity contribution in [3.8, 4) is 17.3 Å². The van der Waals surface area contributed by atoms with Gasteiger partial charge in [-0.2, -0.15) is 4.98 Å². The maximum Gasteiger partial charge on any atom is 0.238 e. The minimum absolute atomic E-state index is 0.114. The van der Waals surface area contributed by atoms with Crippen LogP contribution in [0.4, 0.5) is 5.69 Å². The van der Waals surface area contributed by atoms with Gasteiger partial charge < -0.3 is 19.0 Å².